The Morgan fingerprint density at radius 3 is 1.90 bits per heavy atom. The molecule has 0 aromatic heterocycles. The number of nitrogens with zero attached hydrogens (tertiary/aromatic N) is 1. The lowest BCUT2D eigenvalue weighted by Gasteiger charge is -2.46. The van der Waals surface area contributed by atoms with Gasteiger partial charge in [-0.25, -0.2) is 9.69 Å². The summed E-state index contributed by atoms with van der Waals surface area (Å²) in [6, 6.07) is 30.7. The van der Waals surface area contributed by atoms with Gasteiger partial charge in [-0.3, -0.25) is 4.79 Å². The number of rotatable bonds is 7. The fourth-order valence-electron chi connectivity index (χ4n) is 6.22. The molecule has 2 fully saturated rings. The van der Waals surface area contributed by atoms with E-state index in [1.165, 1.54) is 15.3 Å². The quantitative estimate of drug-likeness (QED) is 0.251. The third kappa shape index (κ3) is 5.69. The van der Waals surface area contributed by atoms with Crippen LogP contribution in [-0.4, -0.2) is 37.9 Å². The minimum absolute atomic E-state index is 0.0570. The van der Waals surface area contributed by atoms with Crippen LogP contribution < -0.4 is 10.4 Å². The lowest BCUT2D eigenvalue weighted by atomic mass is 9.87. The van der Waals surface area contributed by atoms with Crippen LogP contribution in [0.2, 0.25) is 5.04 Å². The van der Waals surface area contributed by atoms with Gasteiger partial charge in [-0.15, -0.1) is 0 Å². The molecule has 3 aromatic carbocycles. The van der Waals surface area contributed by atoms with Gasteiger partial charge in [0, 0.05) is 6.10 Å². The summed E-state index contributed by atoms with van der Waals surface area (Å²) in [5.74, 6) is -0.0428. The standard InChI is InChI=1S/C34H39NO4Si/c1-34(2,3)40(29-15-9-5-10-16-29,30-17-11-6-12-18-30)39-28-22-19-26(20-23-28)21-24-32(36)35-31(25-38-33(35)37)27-13-7-4-8-14-27/h4-18,21,24,26,28,31H,19-20,22-23,25H2,1-3H3/b24-21+/t26?,28?,31-/m0/s1. The maximum Gasteiger partial charge on any atom is 0.417 e. The predicted octanol–water partition coefficient (Wildman–Crippen LogP) is 6.40. The van der Waals surface area contributed by atoms with Crippen LogP contribution in [0, 0.1) is 5.92 Å². The van der Waals surface area contributed by atoms with E-state index in [0.717, 1.165) is 31.2 Å². The minimum Gasteiger partial charge on any atom is -0.446 e. The van der Waals surface area contributed by atoms with E-state index >= 15 is 0 Å². The van der Waals surface area contributed by atoms with Crippen molar-refractivity contribution in [2.45, 2.75) is 63.6 Å². The zero-order chi connectivity index (χ0) is 28.2. The summed E-state index contributed by atoms with van der Waals surface area (Å²) in [5, 5.41) is 2.54. The molecule has 3 aromatic rings. The van der Waals surface area contributed by atoms with Gasteiger partial charge in [0.2, 0.25) is 0 Å². The van der Waals surface area contributed by atoms with E-state index < -0.39 is 14.4 Å². The third-order valence-electron chi connectivity index (χ3n) is 8.28. The van der Waals surface area contributed by atoms with Crippen LogP contribution in [0.5, 0.6) is 0 Å². The zero-order valence-electron chi connectivity index (χ0n) is 23.7. The van der Waals surface area contributed by atoms with Gasteiger partial charge in [-0.1, -0.05) is 118 Å². The Labute approximate surface area is 238 Å². The Bertz CT molecular complexity index is 1270. The number of cyclic esters (lactones) is 1. The number of amides is 2. The number of imide groups is 1. The first-order chi connectivity index (χ1) is 19.3. The Morgan fingerprint density at radius 2 is 1.38 bits per heavy atom. The van der Waals surface area contributed by atoms with Crippen LogP contribution >= 0.6 is 0 Å². The molecule has 208 valence electrons. The second-order valence-corrected chi connectivity index (χ2v) is 16.1. The van der Waals surface area contributed by atoms with E-state index in [-0.39, 0.29) is 35.6 Å². The first-order valence-electron chi connectivity index (χ1n) is 14.3. The molecule has 5 rings (SSSR count). The smallest absolute Gasteiger partial charge is 0.417 e. The van der Waals surface area contributed by atoms with Crippen LogP contribution in [0.15, 0.2) is 103 Å². The van der Waals surface area contributed by atoms with Crippen molar-refractivity contribution < 1.29 is 18.8 Å². The summed E-state index contributed by atoms with van der Waals surface area (Å²) < 4.78 is 12.6. The molecule has 0 N–H and O–H groups in total. The van der Waals surface area contributed by atoms with Crippen molar-refractivity contribution >= 4 is 30.7 Å². The van der Waals surface area contributed by atoms with E-state index in [1.54, 1.807) is 6.08 Å². The van der Waals surface area contributed by atoms with E-state index in [2.05, 4.69) is 81.4 Å². The van der Waals surface area contributed by atoms with Gasteiger partial charge >= 0.3 is 6.09 Å². The average Bonchev–Trinajstić information content (AvgIpc) is 3.37. The molecule has 40 heavy (non-hydrogen) atoms. The number of hydrogen-bond donors (Lipinski definition) is 0. The van der Waals surface area contributed by atoms with Crippen LogP contribution in [-0.2, 0) is 14.0 Å². The van der Waals surface area contributed by atoms with E-state index in [9.17, 15) is 9.59 Å². The van der Waals surface area contributed by atoms with Crippen LogP contribution in [0.3, 0.4) is 0 Å². The largest absolute Gasteiger partial charge is 0.446 e. The fraction of sp³-hybridized carbons (Fsp3) is 0.353. The molecule has 5 nitrogen and oxygen atoms in total. The maximum atomic E-state index is 13.1. The number of allylic oxidation sites excluding steroid dienone is 1. The van der Waals surface area contributed by atoms with Crippen LogP contribution in [0.1, 0.15) is 58.1 Å². The van der Waals surface area contributed by atoms with E-state index in [1.807, 2.05) is 36.4 Å². The summed E-state index contributed by atoms with van der Waals surface area (Å²) in [6.07, 6.45) is 6.89. The monoisotopic (exact) mass is 553 g/mol. The van der Waals surface area contributed by atoms with Crippen LogP contribution in [0.4, 0.5) is 4.79 Å². The van der Waals surface area contributed by atoms with Gasteiger partial charge in [0.1, 0.15) is 12.6 Å². The SMILES string of the molecule is CC(C)(C)[Si](OC1CCC(/C=C/C(=O)N2C(=O)OC[C@H]2c2ccccc2)CC1)(c1ccccc1)c1ccccc1. The molecular weight excluding hydrogens is 514 g/mol. The number of benzene rings is 3. The summed E-state index contributed by atoms with van der Waals surface area (Å²) in [7, 11) is -2.59. The average molecular weight is 554 g/mol. The second kappa shape index (κ2) is 11.9. The molecule has 1 saturated heterocycles. The topological polar surface area (TPSA) is 55.8 Å². The minimum atomic E-state index is -2.59. The highest BCUT2D eigenvalue weighted by Crippen LogP contribution is 2.40. The highest BCUT2D eigenvalue weighted by molar-refractivity contribution is 6.99. The Hall–Kier alpha value is -3.48. The molecular formula is C34H39NO4Si. The van der Waals surface area contributed by atoms with Crippen LogP contribution in [0.25, 0.3) is 0 Å². The molecule has 1 aliphatic heterocycles. The number of carbonyl (C=O) groups is 2. The van der Waals surface area contributed by atoms with Crippen molar-refractivity contribution in [3.05, 3.63) is 109 Å². The Morgan fingerprint density at radius 1 is 0.850 bits per heavy atom. The lowest BCUT2D eigenvalue weighted by Crippen LogP contribution is -2.67. The van der Waals surface area contributed by atoms with Crippen molar-refractivity contribution in [3.8, 4) is 0 Å². The predicted molar refractivity (Wildman–Crippen MR) is 161 cm³/mol. The highest BCUT2D eigenvalue weighted by atomic mass is 28.4. The van der Waals surface area contributed by atoms with Crippen molar-refractivity contribution in [2.75, 3.05) is 6.61 Å². The normalized spacial score (nSPS) is 21.9. The highest BCUT2D eigenvalue weighted by Gasteiger charge is 2.51. The first-order valence-corrected chi connectivity index (χ1v) is 16.2. The summed E-state index contributed by atoms with van der Waals surface area (Å²) in [6.45, 7) is 7.12. The van der Waals surface area contributed by atoms with Gasteiger partial charge in [0.25, 0.3) is 14.2 Å². The molecule has 1 atom stereocenters. The summed E-state index contributed by atoms with van der Waals surface area (Å²) in [5.41, 5.74) is 0.899. The van der Waals surface area contributed by atoms with Gasteiger partial charge in [0.05, 0.1) is 0 Å². The summed E-state index contributed by atoms with van der Waals surface area (Å²) in [4.78, 5) is 26.7. The number of carbonyl (C=O) groups excluding carboxylic acids is 2. The molecule has 0 radical (unpaired) electrons. The zero-order valence-corrected chi connectivity index (χ0v) is 24.7. The molecule has 2 amide bonds. The van der Waals surface area contributed by atoms with Crippen molar-refractivity contribution in [3.63, 3.8) is 0 Å². The maximum absolute atomic E-state index is 13.1. The molecule has 0 unspecified atom stereocenters. The second-order valence-electron chi connectivity index (χ2n) is 11.9. The lowest BCUT2D eigenvalue weighted by molar-refractivity contribution is -0.124. The van der Waals surface area contributed by atoms with Crippen molar-refractivity contribution in [1.29, 1.82) is 0 Å². The molecule has 0 bridgehead atoms. The molecule has 6 heteroatoms. The first kappa shape index (κ1) is 28.1. The molecule has 1 heterocycles. The van der Waals surface area contributed by atoms with Gasteiger partial charge in [-0.05, 0) is 58.7 Å². The number of hydrogen-bond acceptors (Lipinski definition) is 4. The third-order valence-corrected chi connectivity index (χ3v) is 13.4. The number of ether oxygens (including phenoxy) is 1. The molecule has 1 aliphatic carbocycles. The Kier molecular flexibility index (Phi) is 8.38. The summed E-state index contributed by atoms with van der Waals surface area (Å²) >= 11 is 0. The molecule has 0 spiro atoms. The van der Waals surface area contributed by atoms with E-state index in [4.69, 9.17) is 9.16 Å². The van der Waals surface area contributed by atoms with E-state index in [0.29, 0.717) is 0 Å². The fourth-order valence-corrected chi connectivity index (χ4v) is 11.0. The van der Waals surface area contributed by atoms with Gasteiger partial charge < -0.3 is 9.16 Å². The van der Waals surface area contributed by atoms with Gasteiger partial charge in [-0.2, -0.15) is 0 Å². The van der Waals surface area contributed by atoms with Crippen molar-refractivity contribution in [1.82, 2.24) is 4.90 Å². The Balaban J connectivity index is 1.28. The molecule has 2 aliphatic rings. The van der Waals surface area contributed by atoms with Crippen molar-refractivity contribution in [2.24, 2.45) is 5.92 Å². The molecule has 1 saturated carbocycles. The van der Waals surface area contributed by atoms with Gasteiger partial charge in [0.15, 0.2) is 0 Å².